The van der Waals surface area contributed by atoms with Gasteiger partial charge in [-0.15, -0.1) is 0 Å². The molecule has 0 fully saturated rings. The molecular weight excluding hydrogens is 184 g/mol. The average Bonchev–Trinajstić information content (AvgIpc) is 2.25. The van der Waals surface area contributed by atoms with Gasteiger partial charge < -0.3 is 0 Å². The molecule has 1 aromatic carbocycles. The number of hydrogen-bond acceptors (Lipinski definition) is 1. The van der Waals surface area contributed by atoms with Gasteiger partial charge in [-0.2, -0.15) is 0 Å². The van der Waals surface area contributed by atoms with E-state index in [1.54, 1.807) is 6.92 Å². The van der Waals surface area contributed by atoms with E-state index in [0.29, 0.717) is 0 Å². The monoisotopic (exact) mass is 200 g/mol. The number of hydrogen-bond donors (Lipinski definition) is 0. The van der Waals surface area contributed by atoms with Crippen molar-refractivity contribution in [2.45, 2.75) is 13.8 Å². The first kappa shape index (κ1) is 11.4. The number of rotatable bonds is 4. The fourth-order valence-corrected chi connectivity index (χ4v) is 1.10. The van der Waals surface area contributed by atoms with E-state index in [4.69, 9.17) is 0 Å². The van der Waals surface area contributed by atoms with Crippen LogP contribution in [0.1, 0.15) is 19.4 Å². The molecule has 1 atom stereocenters. The van der Waals surface area contributed by atoms with E-state index in [1.807, 2.05) is 61.6 Å². The maximum atomic E-state index is 10.9. The Labute approximate surface area is 91.1 Å². The third-order valence-corrected chi connectivity index (χ3v) is 2.24. The Balaban J connectivity index is 2.50. The summed E-state index contributed by atoms with van der Waals surface area (Å²) in [5.74, 6) is 0.199. The van der Waals surface area contributed by atoms with Crippen molar-refractivity contribution in [3.63, 3.8) is 0 Å². The molecule has 0 N–H and O–H groups in total. The molecule has 0 aromatic heterocycles. The molecule has 78 valence electrons. The summed E-state index contributed by atoms with van der Waals surface area (Å²) < 4.78 is 0. The van der Waals surface area contributed by atoms with Crippen LogP contribution in [-0.2, 0) is 4.79 Å². The van der Waals surface area contributed by atoms with Crippen molar-refractivity contribution in [3.05, 3.63) is 54.1 Å². The first-order valence-electron chi connectivity index (χ1n) is 5.10. The van der Waals surface area contributed by atoms with E-state index in [0.717, 1.165) is 5.56 Å². The fraction of sp³-hybridized carbons (Fsp3) is 0.214. The lowest BCUT2D eigenvalue weighted by molar-refractivity contribution is -0.118. The maximum absolute atomic E-state index is 10.9. The molecule has 0 bridgehead atoms. The van der Waals surface area contributed by atoms with Crippen LogP contribution >= 0.6 is 0 Å². The summed E-state index contributed by atoms with van der Waals surface area (Å²) in [7, 11) is 0. The zero-order chi connectivity index (χ0) is 11.1. The van der Waals surface area contributed by atoms with Gasteiger partial charge >= 0.3 is 0 Å². The van der Waals surface area contributed by atoms with Crippen molar-refractivity contribution in [2.75, 3.05) is 0 Å². The van der Waals surface area contributed by atoms with Gasteiger partial charge in [0.2, 0.25) is 0 Å². The Morgan fingerprint density at radius 1 is 1.20 bits per heavy atom. The number of allylic oxidation sites excluding steroid dienone is 3. The highest BCUT2D eigenvalue weighted by atomic mass is 16.1. The summed E-state index contributed by atoms with van der Waals surface area (Å²) in [6.07, 6.45) is 7.79. The van der Waals surface area contributed by atoms with Crippen LogP contribution in [0.3, 0.4) is 0 Å². The first-order chi connectivity index (χ1) is 7.20. The van der Waals surface area contributed by atoms with Gasteiger partial charge in [-0.05, 0) is 12.5 Å². The molecule has 0 spiro atoms. The van der Waals surface area contributed by atoms with Crippen LogP contribution in [0.15, 0.2) is 48.6 Å². The molecule has 0 radical (unpaired) electrons. The SMILES string of the molecule is CC(=O)C(C)/C=C\C=C\c1ccccc1. The van der Waals surface area contributed by atoms with E-state index in [9.17, 15) is 4.79 Å². The summed E-state index contributed by atoms with van der Waals surface area (Å²) in [5.41, 5.74) is 1.16. The minimum atomic E-state index is 0.00502. The molecular formula is C14H16O. The average molecular weight is 200 g/mol. The van der Waals surface area contributed by atoms with E-state index in [-0.39, 0.29) is 11.7 Å². The van der Waals surface area contributed by atoms with Crippen LogP contribution in [0.25, 0.3) is 6.08 Å². The number of carbonyl (C=O) groups excluding carboxylic acids is 1. The summed E-state index contributed by atoms with van der Waals surface area (Å²) in [4.78, 5) is 10.9. The Hall–Kier alpha value is -1.63. The standard InChI is InChI=1S/C14H16O/c1-12(13(2)15)8-6-7-11-14-9-4-3-5-10-14/h3-12H,1-2H3/b8-6-,11-7+. The van der Waals surface area contributed by atoms with Crippen LogP contribution < -0.4 is 0 Å². The van der Waals surface area contributed by atoms with Crippen molar-refractivity contribution in [1.29, 1.82) is 0 Å². The van der Waals surface area contributed by atoms with Crippen molar-refractivity contribution in [2.24, 2.45) is 5.92 Å². The molecule has 1 aromatic rings. The van der Waals surface area contributed by atoms with Crippen LogP contribution in [0.2, 0.25) is 0 Å². The van der Waals surface area contributed by atoms with Crippen molar-refractivity contribution in [3.8, 4) is 0 Å². The highest BCUT2D eigenvalue weighted by Gasteiger charge is 1.99. The molecule has 0 saturated heterocycles. The van der Waals surface area contributed by atoms with Gasteiger partial charge in [0.05, 0.1) is 0 Å². The fourth-order valence-electron chi connectivity index (χ4n) is 1.10. The predicted molar refractivity (Wildman–Crippen MR) is 64.5 cm³/mol. The van der Waals surface area contributed by atoms with Crippen LogP contribution in [0.4, 0.5) is 0 Å². The first-order valence-corrected chi connectivity index (χ1v) is 5.10. The van der Waals surface area contributed by atoms with E-state index in [2.05, 4.69) is 0 Å². The summed E-state index contributed by atoms with van der Waals surface area (Å²) in [6, 6.07) is 10.1. The van der Waals surface area contributed by atoms with E-state index in [1.165, 1.54) is 0 Å². The highest BCUT2D eigenvalue weighted by molar-refractivity contribution is 5.79. The molecule has 0 aliphatic carbocycles. The normalized spacial score (nSPS) is 13.5. The summed E-state index contributed by atoms with van der Waals surface area (Å²) >= 11 is 0. The highest BCUT2D eigenvalue weighted by Crippen LogP contribution is 2.02. The van der Waals surface area contributed by atoms with Gasteiger partial charge in [-0.25, -0.2) is 0 Å². The van der Waals surface area contributed by atoms with Crippen molar-refractivity contribution >= 4 is 11.9 Å². The second kappa shape index (κ2) is 5.97. The number of ketones is 1. The van der Waals surface area contributed by atoms with Gasteiger partial charge in [0.15, 0.2) is 0 Å². The van der Waals surface area contributed by atoms with Gasteiger partial charge in [-0.1, -0.05) is 61.6 Å². The minimum absolute atomic E-state index is 0.00502. The Kier molecular flexibility index (Phi) is 4.55. The predicted octanol–water partition coefficient (Wildman–Crippen LogP) is 3.48. The van der Waals surface area contributed by atoms with Crippen LogP contribution in [0.5, 0.6) is 0 Å². The molecule has 0 aliphatic rings. The zero-order valence-corrected chi connectivity index (χ0v) is 9.18. The van der Waals surface area contributed by atoms with Crippen molar-refractivity contribution < 1.29 is 4.79 Å². The van der Waals surface area contributed by atoms with Crippen LogP contribution in [0, 0.1) is 5.92 Å². The van der Waals surface area contributed by atoms with Crippen molar-refractivity contribution in [1.82, 2.24) is 0 Å². The Bertz CT molecular complexity index is 360. The van der Waals surface area contributed by atoms with Crippen LogP contribution in [-0.4, -0.2) is 5.78 Å². The quantitative estimate of drug-likeness (QED) is 0.680. The van der Waals surface area contributed by atoms with Gasteiger partial charge in [0.25, 0.3) is 0 Å². The zero-order valence-electron chi connectivity index (χ0n) is 9.18. The summed E-state index contributed by atoms with van der Waals surface area (Å²) in [5, 5.41) is 0. The summed E-state index contributed by atoms with van der Waals surface area (Å²) in [6.45, 7) is 3.51. The Morgan fingerprint density at radius 2 is 1.87 bits per heavy atom. The number of benzene rings is 1. The number of carbonyl (C=O) groups is 1. The van der Waals surface area contributed by atoms with Gasteiger partial charge in [0.1, 0.15) is 5.78 Å². The largest absolute Gasteiger partial charge is 0.299 e. The maximum Gasteiger partial charge on any atom is 0.136 e. The van der Waals surface area contributed by atoms with Gasteiger partial charge in [0, 0.05) is 5.92 Å². The second-order valence-electron chi connectivity index (χ2n) is 3.55. The molecule has 1 heteroatoms. The van der Waals surface area contributed by atoms with E-state index >= 15 is 0 Å². The lowest BCUT2D eigenvalue weighted by atomic mass is 10.1. The topological polar surface area (TPSA) is 17.1 Å². The molecule has 1 nitrogen and oxygen atoms in total. The molecule has 15 heavy (non-hydrogen) atoms. The molecule has 0 heterocycles. The van der Waals surface area contributed by atoms with E-state index < -0.39 is 0 Å². The molecule has 1 rings (SSSR count). The molecule has 0 aliphatic heterocycles. The third kappa shape index (κ3) is 4.41. The lowest BCUT2D eigenvalue weighted by Gasteiger charge is -1.96. The molecule has 1 unspecified atom stereocenters. The Morgan fingerprint density at radius 3 is 2.47 bits per heavy atom. The van der Waals surface area contributed by atoms with Gasteiger partial charge in [-0.3, -0.25) is 4.79 Å². The molecule has 0 amide bonds. The second-order valence-corrected chi connectivity index (χ2v) is 3.55. The minimum Gasteiger partial charge on any atom is -0.299 e. The third-order valence-electron chi connectivity index (χ3n) is 2.24. The number of Topliss-reactive ketones (excluding diaryl/α,β-unsaturated/α-hetero) is 1. The smallest absolute Gasteiger partial charge is 0.136 e. The molecule has 0 saturated carbocycles. The lowest BCUT2D eigenvalue weighted by Crippen LogP contribution is -2.01.